The minimum Gasteiger partial charge on any atom is -0.493 e. The number of pyridine rings is 1. The quantitative estimate of drug-likeness (QED) is 0.317. The number of likely N-dealkylation sites (tertiary alicyclic amines) is 1. The highest BCUT2D eigenvalue weighted by Gasteiger charge is 2.27. The minimum absolute atomic E-state index is 0.228. The molecule has 12 heteroatoms. The monoisotopic (exact) mass is 558 g/mol. The van der Waals surface area contributed by atoms with E-state index in [9.17, 15) is 13.2 Å². The number of hydrogen-bond donors (Lipinski definition) is 1. The molecule has 2 aromatic heterocycles. The fourth-order valence-corrected chi connectivity index (χ4v) is 7.02. The van der Waals surface area contributed by atoms with Gasteiger partial charge in [0, 0.05) is 57.2 Å². The molecule has 2 N–H and O–H groups in total. The van der Waals surface area contributed by atoms with E-state index in [0.717, 1.165) is 54.5 Å². The summed E-state index contributed by atoms with van der Waals surface area (Å²) in [6, 6.07) is 5.81. The fraction of sp³-hybridized carbons (Fsp3) is 0.593. The van der Waals surface area contributed by atoms with Gasteiger partial charge in [-0.3, -0.25) is 4.79 Å². The van der Waals surface area contributed by atoms with Gasteiger partial charge >= 0.3 is 0 Å². The Labute approximate surface area is 229 Å². The van der Waals surface area contributed by atoms with Crippen LogP contribution in [-0.2, 0) is 32.7 Å². The number of carbonyl (C=O) groups excluding carboxylic acids is 1. The third-order valence-corrected chi connectivity index (χ3v) is 9.40. The van der Waals surface area contributed by atoms with Crippen LogP contribution in [0.15, 0.2) is 18.2 Å². The summed E-state index contributed by atoms with van der Waals surface area (Å²) in [6.45, 7) is 6.74. The maximum atomic E-state index is 12.1. The molecule has 0 aliphatic carbocycles. The third kappa shape index (κ3) is 6.12. The highest BCUT2D eigenvalue weighted by molar-refractivity contribution is 7.89. The molecule has 4 heterocycles. The number of benzene rings is 1. The average Bonchev–Trinajstić information content (AvgIpc) is 3.59. The van der Waals surface area contributed by atoms with Crippen LogP contribution < -0.4 is 10.5 Å². The number of imidazole rings is 1. The standard InChI is InChI=1S/C27H38N6O5S/c1-2-37-19-23-30-25-26(33(23)15-4-3-13-32-14-7-17-39(32,35)36)21-10-9-20(18-22(21)29-27(25)28)38-16-6-12-31-11-5-8-24(31)34/h9-10,18H,2-8,11-17,19H2,1H3,(H2,28,29). The summed E-state index contributed by atoms with van der Waals surface area (Å²) in [7, 11) is -3.09. The van der Waals surface area contributed by atoms with Crippen LogP contribution >= 0.6 is 0 Å². The summed E-state index contributed by atoms with van der Waals surface area (Å²) in [5.74, 6) is 2.31. The molecule has 0 unspecified atom stereocenters. The van der Waals surface area contributed by atoms with Gasteiger partial charge in [0.15, 0.2) is 5.82 Å². The van der Waals surface area contributed by atoms with E-state index in [1.54, 1.807) is 4.31 Å². The number of ether oxygens (including phenoxy) is 2. The molecule has 1 amide bonds. The SMILES string of the molecule is CCOCc1nc2c(N)nc3cc(OCCCN4CCCC4=O)ccc3c2n1CCCCN1CCCS1(=O)=O. The Kier molecular flexibility index (Phi) is 8.53. The number of nitrogen functional groups attached to an aromatic ring is 1. The molecule has 1 aromatic carbocycles. The number of aromatic nitrogens is 3. The van der Waals surface area contributed by atoms with Crippen LogP contribution in [0.5, 0.6) is 5.75 Å². The lowest BCUT2D eigenvalue weighted by Gasteiger charge is -2.16. The van der Waals surface area contributed by atoms with Crippen molar-refractivity contribution in [2.24, 2.45) is 0 Å². The van der Waals surface area contributed by atoms with Crippen LogP contribution in [0.25, 0.3) is 21.9 Å². The van der Waals surface area contributed by atoms with Gasteiger partial charge in [-0.25, -0.2) is 22.7 Å². The lowest BCUT2D eigenvalue weighted by molar-refractivity contribution is -0.127. The van der Waals surface area contributed by atoms with Crippen molar-refractivity contribution in [1.82, 2.24) is 23.7 Å². The number of nitrogens with zero attached hydrogens (tertiary/aromatic N) is 5. The van der Waals surface area contributed by atoms with Crippen LogP contribution in [0.3, 0.4) is 0 Å². The average molecular weight is 559 g/mol. The number of hydrogen-bond acceptors (Lipinski definition) is 8. The summed E-state index contributed by atoms with van der Waals surface area (Å²) >= 11 is 0. The minimum atomic E-state index is -3.09. The number of fused-ring (bicyclic) bond motifs is 3. The molecule has 2 aliphatic heterocycles. The van der Waals surface area contributed by atoms with Crippen LogP contribution in [0, 0.1) is 0 Å². The van der Waals surface area contributed by atoms with E-state index < -0.39 is 10.0 Å². The molecule has 0 saturated carbocycles. The predicted molar refractivity (Wildman–Crippen MR) is 150 cm³/mol. The maximum Gasteiger partial charge on any atom is 0.222 e. The van der Waals surface area contributed by atoms with E-state index in [-0.39, 0.29) is 11.7 Å². The van der Waals surface area contributed by atoms with Crippen molar-refractivity contribution >= 4 is 43.7 Å². The van der Waals surface area contributed by atoms with Crippen molar-refractivity contribution in [2.75, 3.05) is 50.9 Å². The largest absolute Gasteiger partial charge is 0.493 e. The van der Waals surface area contributed by atoms with E-state index in [1.165, 1.54) is 0 Å². The molecular weight excluding hydrogens is 520 g/mol. The zero-order valence-electron chi connectivity index (χ0n) is 22.6. The molecule has 0 radical (unpaired) electrons. The molecule has 212 valence electrons. The van der Waals surface area contributed by atoms with Crippen molar-refractivity contribution in [3.8, 4) is 5.75 Å². The zero-order valence-corrected chi connectivity index (χ0v) is 23.4. The fourth-order valence-electron chi connectivity index (χ4n) is 5.46. The molecular formula is C27H38N6O5S. The second kappa shape index (κ2) is 12.1. The number of unbranched alkanes of at least 4 members (excludes halogenated alkanes) is 1. The van der Waals surface area contributed by atoms with Crippen LogP contribution in [-0.4, -0.2) is 83.2 Å². The van der Waals surface area contributed by atoms with Gasteiger partial charge in [-0.05, 0) is 51.2 Å². The molecule has 3 aromatic rings. The Morgan fingerprint density at radius 1 is 1.05 bits per heavy atom. The first-order valence-corrected chi connectivity index (χ1v) is 15.5. The van der Waals surface area contributed by atoms with E-state index >= 15 is 0 Å². The molecule has 2 aliphatic rings. The zero-order chi connectivity index (χ0) is 27.4. The van der Waals surface area contributed by atoms with E-state index in [1.807, 2.05) is 30.0 Å². The molecule has 0 spiro atoms. The molecule has 11 nitrogen and oxygen atoms in total. The number of rotatable bonds is 13. The normalized spacial score (nSPS) is 17.7. The highest BCUT2D eigenvalue weighted by atomic mass is 32.2. The Bertz CT molecular complexity index is 1440. The Morgan fingerprint density at radius 3 is 2.64 bits per heavy atom. The van der Waals surface area contributed by atoms with Crippen LogP contribution in [0.1, 0.15) is 51.3 Å². The van der Waals surface area contributed by atoms with Crippen molar-refractivity contribution < 1.29 is 22.7 Å². The smallest absolute Gasteiger partial charge is 0.222 e. The lowest BCUT2D eigenvalue weighted by atomic mass is 10.1. The molecule has 2 saturated heterocycles. The molecule has 2 fully saturated rings. The number of amides is 1. The second-order valence-electron chi connectivity index (χ2n) is 10.2. The summed E-state index contributed by atoms with van der Waals surface area (Å²) in [5, 5.41) is 0.923. The Morgan fingerprint density at radius 2 is 1.90 bits per heavy atom. The van der Waals surface area contributed by atoms with Crippen LogP contribution in [0.4, 0.5) is 5.82 Å². The van der Waals surface area contributed by atoms with Gasteiger partial charge in [0.05, 0.1) is 23.4 Å². The highest BCUT2D eigenvalue weighted by Crippen LogP contribution is 2.31. The molecule has 0 bridgehead atoms. The second-order valence-corrected chi connectivity index (χ2v) is 12.2. The summed E-state index contributed by atoms with van der Waals surface area (Å²) in [5.41, 5.74) is 8.64. The van der Waals surface area contributed by atoms with Gasteiger partial charge in [0.25, 0.3) is 0 Å². The van der Waals surface area contributed by atoms with Gasteiger partial charge in [0.1, 0.15) is 23.7 Å². The number of carbonyl (C=O) groups is 1. The lowest BCUT2D eigenvalue weighted by Crippen LogP contribution is -2.27. The van der Waals surface area contributed by atoms with Crippen molar-refractivity contribution in [2.45, 2.75) is 58.6 Å². The predicted octanol–water partition coefficient (Wildman–Crippen LogP) is 2.91. The molecule has 0 atom stereocenters. The number of sulfonamides is 1. The number of anilines is 1. The maximum absolute atomic E-state index is 12.1. The Balaban J connectivity index is 1.33. The van der Waals surface area contributed by atoms with E-state index in [2.05, 4.69) is 9.55 Å². The van der Waals surface area contributed by atoms with Gasteiger partial charge < -0.3 is 24.7 Å². The topological polar surface area (TPSA) is 133 Å². The first-order chi connectivity index (χ1) is 18.9. The number of aryl methyl sites for hydroxylation is 1. The van der Waals surface area contributed by atoms with Crippen LogP contribution in [0.2, 0.25) is 0 Å². The molecule has 5 rings (SSSR count). The first kappa shape index (κ1) is 27.6. The van der Waals surface area contributed by atoms with Crippen molar-refractivity contribution in [3.05, 3.63) is 24.0 Å². The van der Waals surface area contributed by atoms with Gasteiger partial charge in [-0.1, -0.05) is 0 Å². The third-order valence-electron chi connectivity index (χ3n) is 7.44. The van der Waals surface area contributed by atoms with Gasteiger partial charge in [0.2, 0.25) is 15.9 Å². The first-order valence-electron chi connectivity index (χ1n) is 13.9. The summed E-state index contributed by atoms with van der Waals surface area (Å²) in [6.07, 6.45) is 4.61. The van der Waals surface area contributed by atoms with Gasteiger partial charge in [-0.15, -0.1) is 0 Å². The summed E-state index contributed by atoms with van der Waals surface area (Å²) in [4.78, 5) is 23.1. The summed E-state index contributed by atoms with van der Waals surface area (Å²) < 4.78 is 39.7. The Hall–Kier alpha value is -2.96. The molecule has 39 heavy (non-hydrogen) atoms. The van der Waals surface area contributed by atoms with E-state index in [0.29, 0.717) is 75.9 Å². The number of nitrogens with two attached hydrogens (primary N) is 1. The van der Waals surface area contributed by atoms with Gasteiger partial charge in [-0.2, -0.15) is 0 Å². The van der Waals surface area contributed by atoms with Crippen molar-refractivity contribution in [1.29, 1.82) is 0 Å². The van der Waals surface area contributed by atoms with Crippen molar-refractivity contribution in [3.63, 3.8) is 0 Å². The van der Waals surface area contributed by atoms with E-state index in [4.69, 9.17) is 20.2 Å².